The lowest BCUT2D eigenvalue weighted by Crippen LogP contribution is -2.44. The van der Waals surface area contributed by atoms with E-state index in [0.717, 1.165) is 5.56 Å². The fourth-order valence-corrected chi connectivity index (χ4v) is 3.10. The van der Waals surface area contributed by atoms with E-state index in [4.69, 9.17) is 2.74 Å². The lowest BCUT2D eigenvalue weighted by atomic mass is 9.94. The summed E-state index contributed by atoms with van der Waals surface area (Å²) in [7, 11) is 1.52. The first-order valence-corrected chi connectivity index (χ1v) is 9.15. The molecule has 1 heterocycles. The Morgan fingerprint density at radius 3 is 2.63 bits per heavy atom. The summed E-state index contributed by atoms with van der Waals surface area (Å²) in [5.41, 5.74) is 1.35. The van der Waals surface area contributed by atoms with Gasteiger partial charge in [0.2, 0.25) is 11.8 Å². The maximum atomic E-state index is 13.0. The second-order valence-corrected chi connectivity index (χ2v) is 7.53. The highest BCUT2D eigenvalue weighted by molar-refractivity contribution is 5.93. The first kappa shape index (κ1) is 18.2. The molecule has 1 aromatic carbocycles. The van der Waals surface area contributed by atoms with E-state index in [2.05, 4.69) is 5.32 Å². The average Bonchev–Trinajstić information content (AvgIpc) is 2.69. The summed E-state index contributed by atoms with van der Waals surface area (Å²) in [6.45, 7) is 6.28. The number of nitrogens with zero attached hydrogens (tertiary/aromatic N) is 1. The predicted octanol–water partition coefficient (Wildman–Crippen LogP) is 1.86. The van der Waals surface area contributed by atoms with Gasteiger partial charge in [0.05, 0.1) is 1.37 Å². The van der Waals surface area contributed by atoms with E-state index in [1.54, 1.807) is 32.9 Å². The van der Waals surface area contributed by atoms with E-state index in [9.17, 15) is 19.5 Å². The number of rotatable bonds is 6. The molecular formula is C21H30N2O4. The van der Waals surface area contributed by atoms with Crippen LogP contribution in [0.4, 0.5) is 0 Å². The zero-order chi connectivity index (χ0) is 22.1. The van der Waals surface area contributed by atoms with Crippen LogP contribution in [0.3, 0.4) is 0 Å². The molecule has 0 saturated carbocycles. The zero-order valence-electron chi connectivity index (χ0n) is 18.6. The first-order chi connectivity index (χ1) is 13.3. The maximum absolute atomic E-state index is 13.0. The van der Waals surface area contributed by atoms with E-state index in [-0.39, 0.29) is 5.92 Å². The molecule has 1 aliphatic rings. The highest BCUT2D eigenvalue weighted by Crippen LogP contribution is 2.27. The van der Waals surface area contributed by atoms with Crippen LogP contribution in [0.25, 0.3) is 0 Å². The fraction of sp³-hybridized carbons (Fsp3) is 0.571. The second-order valence-electron chi connectivity index (χ2n) is 7.53. The maximum Gasteiger partial charge on any atom is 0.249 e. The summed E-state index contributed by atoms with van der Waals surface area (Å²) in [5, 5.41) is 12.5. The Labute approximate surface area is 163 Å². The van der Waals surface area contributed by atoms with Gasteiger partial charge < -0.3 is 15.3 Å². The van der Waals surface area contributed by atoms with Crippen molar-refractivity contribution < 1.29 is 22.2 Å². The van der Waals surface area contributed by atoms with Crippen LogP contribution in [0.15, 0.2) is 24.3 Å². The molecule has 2 amide bonds. The Kier molecular flexibility index (Phi) is 5.82. The Morgan fingerprint density at radius 1 is 1.37 bits per heavy atom. The molecule has 2 N–H and O–H groups in total. The van der Waals surface area contributed by atoms with Crippen molar-refractivity contribution in [3.05, 3.63) is 35.4 Å². The number of hydrogen-bond acceptors (Lipinski definition) is 4. The Hall–Kier alpha value is -2.21. The summed E-state index contributed by atoms with van der Waals surface area (Å²) < 4.78 is 16.8. The van der Waals surface area contributed by atoms with Crippen molar-refractivity contribution in [2.45, 2.75) is 58.7 Å². The summed E-state index contributed by atoms with van der Waals surface area (Å²) in [5.74, 6) is -3.99. The fourth-order valence-electron chi connectivity index (χ4n) is 3.10. The van der Waals surface area contributed by atoms with Gasteiger partial charge in [0.15, 0.2) is 5.78 Å². The molecule has 0 radical (unpaired) electrons. The Morgan fingerprint density at radius 2 is 2.00 bits per heavy atom. The van der Waals surface area contributed by atoms with Gasteiger partial charge in [-0.05, 0) is 30.4 Å². The largest absolute Gasteiger partial charge is 0.385 e. The van der Waals surface area contributed by atoms with Crippen molar-refractivity contribution in [2.75, 3.05) is 7.05 Å². The van der Waals surface area contributed by atoms with Crippen molar-refractivity contribution in [2.24, 2.45) is 11.8 Å². The quantitative estimate of drug-likeness (QED) is 0.793. The van der Waals surface area contributed by atoms with Crippen molar-refractivity contribution in [1.29, 1.82) is 0 Å². The number of carbonyl (C=O) groups excluding carboxylic acids is 3. The summed E-state index contributed by atoms with van der Waals surface area (Å²) in [6.07, 6.45) is -1.41. The molecule has 6 heteroatoms. The van der Waals surface area contributed by atoms with Crippen LogP contribution >= 0.6 is 0 Å². The van der Waals surface area contributed by atoms with E-state index in [1.807, 2.05) is 12.1 Å². The second kappa shape index (κ2) is 8.65. The van der Waals surface area contributed by atoms with Crippen LogP contribution in [-0.4, -0.2) is 46.8 Å². The standard InChI is InChI=1S/C21H30N2O4/c1-12(2)19(25)17(24)10-13(3)20(26)22-18-16-9-7-6-8-15(16)11-14(4)23(5)21(18)27/h6-9,12-14,18-19,25H,10-11H2,1-5H3,(H,22,26)/t13-,14?,18+,19+/m1/s1/i13D,14D. The summed E-state index contributed by atoms with van der Waals surface area (Å²) in [6, 6.07) is 4.86. The third kappa shape index (κ3) is 4.75. The van der Waals surface area contributed by atoms with Crippen LogP contribution in [0.5, 0.6) is 0 Å². The van der Waals surface area contributed by atoms with Gasteiger partial charge >= 0.3 is 0 Å². The van der Waals surface area contributed by atoms with Crippen LogP contribution in [0.2, 0.25) is 0 Å². The van der Waals surface area contributed by atoms with E-state index in [0.29, 0.717) is 12.0 Å². The van der Waals surface area contributed by atoms with Gasteiger partial charge in [-0.25, -0.2) is 0 Å². The molecule has 0 fully saturated rings. The van der Waals surface area contributed by atoms with Crippen LogP contribution in [-0.2, 0) is 20.8 Å². The number of ketones is 1. The molecule has 1 aliphatic heterocycles. The molecule has 27 heavy (non-hydrogen) atoms. The number of carbonyl (C=O) groups is 3. The number of fused-ring (bicyclic) bond motifs is 1. The smallest absolute Gasteiger partial charge is 0.249 e. The number of aliphatic hydroxyl groups is 1. The SMILES string of the molecule is [2H]C1(C)Cc2ccccc2[C@H](NC(=O)[C@]([2H])(C)CC(=O)[C@@H](O)C(C)C)C(=O)N1C. The van der Waals surface area contributed by atoms with Gasteiger partial charge in [0, 0.05) is 26.8 Å². The summed E-state index contributed by atoms with van der Waals surface area (Å²) in [4.78, 5) is 39.4. The minimum atomic E-state index is -1.85. The van der Waals surface area contributed by atoms with E-state index >= 15 is 0 Å². The van der Waals surface area contributed by atoms with Crippen molar-refractivity contribution >= 4 is 17.6 Å². The molecule has 148 valence electrons. The van der Waals surface area contributed by atoms with E-state index < -0.39 is 48.1 Å². The topological polar surface area (TPSA) is 86.7 Å². The molecular weight excluding hydrogens is 344 g/mol. The molecule has 1 aromatic rings. The molecule has 0 saturated heterocycles. The van der Waals surface area contributed by atoms with Crippen LogP contribution < -0.4 is 5.32 Å². The number of aliphatic hydroxyl groups excluding tert-OH is 1. The molecule has 0 aliphatic carbocycles. The molecule has 4 atom stereocenters. The highest BCUT2D eigenvalue weighted by atomic mass is 16.3. The number of benzene rings is 1. The molecule has 0 aromatic heterocycles. The van der Waals surface area contributed by atoms with Crippen molar-refractivity contribution in [1.82, 2.24) is 10.2 Å². The first-order valence-electron chi connectivity index (χ1n) is 10.1. The van der Waals surface area contributed by atoms with Gasteiger partial charge in [0.1, 0.15) is 12.1 Å². The molecule has 1 unspecified atom stereocenters. The Bertz CT molecular complexity index is 808. The molecule has 2 rings (SSSR count). The van der Waals surface area contributed by atoms with Gasteiger partial charge in [-0.2, -0.15) is 0 Å². The van der Waals surface area contributed by atoms with Crippen LogP contribution in [0.1, 0.15) is 54.0 Å². The third-order valence-corrected chi connectivity index (χ3v) is 5.03. The van der Waals surface area contributed by atoms with Gasteiger partial charge in [0.25, 0.3) is 0 Å². The number of amides is 2. The highest BCUT2D eigenvalue weighted by Gasteiger charge is 2.34. The normalized spacial score (nSPS) is 27.0. The minimum absolute atomic E-state index is 0.301. The summed E-state index contributed by atoms with van der Waals surface area (Å²) >= 11 is 0. The lowest BCUT2D eigenvalue weighted by molar-refractivity contribution is -0.138. The monoisotopic (exact) mass is 376 g/mol. The van der Waals surface area contributed by atoms with Crippen LogP contribution in [0, 0.1) is 11.8 Å². The van der Waals surface area contributed by atoms with Gasteiger partial charge in [-0.3, -0.25) is 14.4 Å². The zero-order valence-corrected chi connectivity index (χ0v) is 16.6. The van der Waals surface area contributed by atoms with Gasteiger partial charge in [-0.1, -0.05) is 45.0 Å². The molecule has 0 bridgehead atoms. The molecule has 6 nitrogen and oxygen atoms in total. The minimum Gasteiger partial charge on any atom is -0.385 e. The predicted molar refractivity (Wildman–Crippen MR) is 103 cm³/mol. The lowest BCUT2D eigenvalue weighted by Gasteiger charge is -2.26. The number of Topliss-reactive ketones (excluding diaryl/α,β-unsaturated/α-hetero) is 1. The Balaban J connectivity index is 2.30. The number of likely N-dealkylation sites (N-methyl/N-ethyl adjacent to an activating group) is 1. The third-order valence-electron chi connectivity index (χ3n) is 5.03. The number of hydrogen-bond donors (Lipinski definition) is 2. The molecule has 0 spiro atoms. The van der Waals surface area contributed by atoms with Crippen molar-refractivity contribution in [3.8, 4) is 0 Å². The van der Waals surface area contributed by atoms with Gasteiger partial charge in [-0.15, -0.1) is 0 Å². The van der Waals surface area contributed by atoms with Crippen molar-refractivity contribution in [3.63, 3.8) is 0 Å². The van der Waals surface area contributed by atoms with E-state index in [1.165, 1.54) is 18.9 Å². The number of nitrogens with one attached hydrogen (secondary N) is 1. The average molecular weight is 376 g/mol.